The molecule has 14 heavy (non-hydrogen) atoms. The molecule has 0 fully saturated rings. The summed E-state index contributed by atoms with van der Waals surface area (Å²) in [5.41, 5.74) is 0. The average molecular weight is 215 g/mol. The Morgan fingerprint density at radius 3 is 2.86 bits per heavy atom. The maximum Gasteiger partial charge on any atom is 0.234 e. The molecular formula is C9H17N3OS. The van der Waals surface area contributed by atoms with Crippen molar-refractivity contribution in [2.45, 2.75) is 19.4 Å². The van der Waals surface area contributed by atoms with E-state index in [0.717, 1.165) is 12.2 Å². The van der Waals surface area contributed by atoms with Gasteiger partial charge in [0.05, 0.1) is 12.6 Å². The fraction of sp³-hybridized carbons (Fsp3) is 0.778. The third kappa shape index (κ3) is 6.75. The van der Waals surface area contributed by atoms with Crippen molar-refractivity contribution in [3.8, 4) is 6.07 Å². The molecule has 4 nitrogen and oxygen atoms in total. The minimum absolute atomic E-state index is 0.0832. The molecule has 0 bridgehead atoms. The summed E-state index contributed by atoms with van der Waals surface area (Å²) in [7, 11) is 0. The van der Waals surface area contributed by atoms with Crippen LogP contribution in [0.1, 0.15) is 13.3 Å². The summed E-state index contributed by atoms with van der Waals surface area (Å²) in [5.74, 6) is 0.883. The highest BCUT2D eigenvalue weighted by Gasteiger charge is 2.06. The van der Waals surface area contributed by atoms with Crippen LogP contribution >= 0.6 is 11.8 Å². The van der Waals surface area contributed by atoms with Crippen molar-refractivity contribution in [3.63, 3.8) is 0 Å². The third-order valence-corrected chi connectivity index (χ3v) is 2.51. The fourth-order valence-electron chi connectivity index (χ4n) is 0.960. The standard InChI is InChI=1S/C9H17N3OS/c1-3-8(7-14-2)12-6-9(13)11-5-4-10/h8,12H,3,5-7H2,1-2H3,(H,11,13). The molecule has 0 aromatic carbocycles. The van der Waals surface area contributed by atoms with Crippen molar-refractivity contribution in [2.75, 3.05) is 25.1 Å². The highest BCUT2D eigenvalue weighted by Crippen LogP contribution is 1.99. The number of nitriles is 1. The van der Waals surface area contributed by atoms with Crippen molar-refractivity contribution in [1.82, 2.24) is 10.6 Å². The first-order valence-corrected chi connectivity index (χ1v) is 5.99. The van der Waals surface area contributed by atoms with Gasteiger partial charge in [0.2, 0.25) is 5.91 Å². The smallest absolute Gasteiger partial charge is 0.234 e. The summed E-state index contributed by atoms with van der Waals surface area (Å²) in [6.45, 7) is 2.46. The van der Waals surface area contributed by atoms with Gasteiger partial charge in [0.15, 0.2) is 0 Å². The molecule has 0 rings (SSSR count). The van der Waals surface area contributed by atoms with E-state index in [1.807, 2.05) is 12.3 Å². The van der Waals surface area contributed by atoms with Crippen molar-refractivity contribution in [1.29, 1.82) is 5.26 Å². The summed E-state index contributed by atoms with van der Waals surface area (Å²) in [6.07, 6.45) is 3.05. The SMILES string of the molecule is CCC(CSC)NCC(=O)NCC#N. The number of thioether (sulfide) groups is 1. The maximum absolute atomic E-state index is 11.1. The second-order valence-corrected chi connectivity index (χ2v) is 3.79. The zero-order valence-electron chi connectivity index (χ0n) is 8.67. The van der Waals surface area contributed by atoms with Crippen LogP contribution in [0, 0.1) is 11.3 Å². The van der Waals surface area contributed by atoms with E-state index in [0.29, 0.717) is 12.6 Å². The van der Waals surface area contributed by atoms with E-state index in [2.05, 4.69) is 17.6 Å². The van der Waals surface area contributed by atoms with Gasteiger partial charge in [-0.15, -0.1) is 0 Å². The fourth-order valence-corrected chi connectivity index (χ4v) is 1.72. The van der Waals surface area contributed by atoms with Gasteiger partial charge in [-0.05, 0) is 12.7 Å². The van der Waals surface area contributed by atoms with Crippen molar-refractivity contribution in [2.24, 2.45) is 0 Å². The van der Waals surface area contributed by atoms with Crippen molar-refractivity contribution in [3.05, 3.63) is 0 Å². The predicted molar refractivity (Wildman–Crippen MR) is 59.1 cm³/mol. The van der Waals surface area contributed by atoms with Gasteiger partial charge in [0.1, 0.15) is 6.54 Å². The number of amides is 1. The number of hydrogen-bond acceptors (Lipinski definition) is 4. The van der Waals surface area contributed by atoms with Crippen LogP contribution in [-0.4, -0.2) is 37.0 Å². The van der Waals surface area contributed by atoms with Crippen LogP contribution < -0.4 is 10.6 Å². The number of carbonyl (C=O) groups excluding carboxylic acids is 1. The molecule has 5 heteroatoms. The number of rotatable bonds is 7. The Morgan fingerprint density at radius 2 is 2.36 bits per heavy atom. The van der Waals surface area contributed by atoms with Crippen LogP contribution in [0.5, 0.6) is 0 Å². The zero-order valence-corrected chi connectivity index (χ0v) is 9.49. The normalized spacial score (nSPS) is 11.8. The summed E-state index contributed by atoms with van der Waals surface area (Å²) in [4.78, 5) is 11.1. The number of nitrogens with zero attached hydrogens (tertiary/aromatic N) is 1. The monoisotopic (exact) mass is 215 g/mol. The molecule has 0 radical (unpaired) electrons. The summed E-state index contributed by atoms with van der Waals surface area (Å²) in [6, 6.07) is 2.23. The molecule has 0 heterocycles. The highest BCUT2D eigenvalue weighted by atomic mass is 32.2. The predicted octanol–water partition coefficient (Wildman–Crippen LogP) is 0.357. The van der Waals surface area contributed by atoms with Gasteiger partial charge in [-0.2, -0.15) is 17.0 Å². The Kier molecular flexibility index (Phi) is 8.39. The van der Waals surface area contributed by atoms with Gasteiger partial charge in [-0.3, -0.25) is 4.79 Å². The van der Waals surface area contributed by atoms with Crippen LogP contribution in [-0.2, 0) is 4.79 Å². The molecule has 1 unspecified atom stereocenters. The van der Waals surface area contributed by atoms with Gasteiger partial charge in [0.25, 0.3) is 0 Å². The Hall–Kier alpha value is -0.730. The molecule has 0 saturated heterocycles. The van der Waals surface area contributed by atoms with Crippen LogP contribution in [0.2, 0.25) is 0 Å². The molecule has 0 aromatic rings. The van der Waals surface area contributed by atoms with Gasteiger partial charge in [-0.1, -0.05) is 6.92 Å². The second-order valence-electron chi connectivity index (χ2n) is 2.88. The Morgan fingerprint density at radius 1 is 1.64 bits per heavy atom. The lowest BCUT2D eigenvalue weighted by Crippen LogP contribution is -2.40. The number of hydrogen-bond donors (Lipinski definition) is 2. The molecule has 1 atom stereocenters. The quantitative estimate of drug-likeness (QED) is 0.602. The van der Waals surface area contributed by atoms with E-state index < -0.39 is 0 Å². The van der Waals surface area contributed by atoms with E-state index in [1.165, 1.54) is 0 Å². The summed E-state index contributed by atoms with van der Waals surface area (Å²) >= 11 is 1.76. The van der Waals surface area contributed by atoms with E-state index >= 15 is 0 Å². The first kappa shape index (κ1) is 13.3. The van der Waals surface area contributed by atoms with Crippen LogP contribution in [0.3, 0.4) is 0 Å². The summed E-state index contributed by atoms with van der Waals surface area (Å²) in [5, 5.41) is 13.9. The minimum atomic E-state index is -0.119. The lowest BCUT2D eigenvalue weighted by molar-refractivity contribution is -0.120. The first-order chi connectivity index (χ1) is 6.74. The molecule has 0 aromatic heterocycles. The molecule has 0 aliphatic carbocycles. The van der Waals surface area contributed by atoms with E-state index in [4.69, 9.17) is 5.26 Å². The molecule has 1 amide bonds. The van der Waals surface area contributed by atoms with E-state index in [1.54, 1.807) is 11.8 Å². The lowest BCUT2D eigenvalue weighted by atomic mass is 10.2. The molecule has 2 N–H and O–H groups in total. The minimum Gasteiger partial charge on any atom is -0.342 e. The number of carbonyl (C=O) groups is 1. The van der Waals surface area contributed by atoms with Crippen molar-refractivity contribution >= 4 is 17.7 Å². The zero-order chi connectivity index (χ0) is 10.8. The Bertz CT molecular complexity index is 203. The van der Waals surface area contributed by atoms with Gasteiger partial charge < -0.3 is 10.6 Å². The Balaban J connectivity index is 3.58. The Labute approximate surface area is 89.4 Å². The number of nitrogens with one attached hydrogen (secondary N) is 2. The molecule has 0 aliphatic rings. The van der Waals surface area contributed by atoms with E-state index in [-0.39, 0.29) is 12.5 Å². The van der Waals surface area contributed by atoms with E-state index in [9.17, 15) is 4.79 Å². The highest BCUT2D eigenvalue weighted by molar-refractivity contribution is 7.98. The molecule has 0 spiro atoms. The second kappa shape index (κ2) is 8.85. The largest absolute Gasteiger partial charge is 0.342 e. The van der Waals surface area contributed by atoms with Crippen LogP contribution in [0.15, 0.2) is 0 Å². The molecule has 0 saturated carbocycles. The van der Waals surface area contributed by atoms with Gasteiger partial charge in [0, 0.05) is 11.8 Å². The molecule has 80 valence electrons. The van der Waals surface area contributed by atoms with Crippen molar-refractivity contribution < 1.29 is 4.79 Å². The van der Waals surface area contributed by atoms with Gasteiger partial charge in [-0.25, -0.2) is 0 Å². The molecule has 0 aliphatic heterocycles. The lowest BCUT2D eigenvalue weighted by Gasteiger charge is -2.14. The average Bonchev–Trinajstić information content (AvgIpc) is 2.21. The first-order valence-electron chi connectivity index (χ1n) is 4.60. The van der Waals surface area contributed by atoms with Crippen LogP contribution in [0.25, 0.3) is 0 Å². The molecular weight excluding hydrogens is 198 g/mol. The van der Waals surface area contributed by atoms with Gasteiger partial charge >= 0.3 is 0 Å². The third-order valence-electron chi connectivity index (χ3n) is 1.78. The topological polar surface area (TPSA) is 64.9 Å². The summed E-state index contributed by atoms with van der Waals surface area (Å²) < 4.78 is 0. The maximum atomic E-state index is 11.1. The van der Waals surface area contributed by atoms with Crippen LogP contribution in [0.4, 0.5) is 0 Å².